The minimum Gasteiger partial charge on any atom is -0.479 e. The standard InChI is InChI=1S/C6H12O7/c7-1-2(8)3(9)4(10)5(11)6(12)13/h2-5,7-11H,1H2,(H,12,13)/t2-,3-,4+,5-/m1/s1/i4D,5D,10D,11D. The maximum absolute atomic E-state index is 10.7. The summed E-state index contributed by atoms with van der Waals surface area (Å²) in [4.78, 5) is 10.7. The van der Waals surface area contributed by atoms with E-state index in [-0.39, 0.29) is 0 Å². The molecule has 0 spiro atoms. The maximum Gasteiger partial charge on any atom is 0.335 e. The molecule has 13 heavy (non-hydrogen) atoms. The molecular weight excluding hydrogens is 184 g/mol. The first-order chi connectivity index (χ1) is 7.71. The molecule has 0 radical (unpaired) electrons. The summed E-state index contributed by atoms with van der Waals surface area (Å²) >= 11 is 0. The molecule has 0 aromatic heterocycles. The van der Waals surface area contributed by atoms with Crippen LogP contribution in [0.4, 0.5) is 0 Å². The molecule has 7 heteroatoms. The lowest BCUT2D eigenvalue weighted by molar-refractivity contribution is -0.164. The van der Waals surface area contributed by atoms with Crippen molar-refractivity contribution in [3.8, 4) is 0 Å². The highest BCUT2D eigenvalue weighted by Crippen LogP contribution is 2.04. The van der Waals surface area contributed by atoms with E-state index < -0.39 is 36.9 Å². The molecule has 6 N–H and O–H groups in total. The third-order valence-corrected chi connectivity index (χ3v) is 1.24. The molecule has 0 aliphatic carbocycles. The lowest BCUT2D eigenvalue weighted by Crippen LogP contribution is -2.48. The van der Waals surface area contributed by atoms with Crippen LogP contribution < -0.4 is 0 Å². The summed E-state index contributed by atoms with van der Waals surface area (Å²) < 4.78 is 27.5. The topological polar surface area (TPSA) is 138 Å². The number of hydrogen-bond donors (Lipinski definition) is 6. The average molecular weight is 200 g/mol. The van der Waals surface area contributed by atoms with Gasteiger partial charge in [0.15, 0.2) is 6.08 Å². The third-order valence-electron chi connectivity index (χ3n) is 1.24. The predicted octanol–water partition coefficient (Wildman–Crippen LogP) is -3.49. The van der Waals surface area contributed by atoms with Gasteiger partial charge in [0.1, 0.15) is 18.3 Å². The molecule has 0 aliphatic heterocycles. The lowest BCUT2D eigenvalue weighted by Gasteiger charge is -2.23. The summed E-state index contributed by atoms with van der Waals surface area (Å²) in [6, 6.07) is 0. The van der Waals surface area contributed by atoms with Crippen molar-refractivity contribution in [3.05, 3.63) is 0 Å². The van der Waals surface area contributed by atoms with Gasteiger partial charge in [0.05, 0.1) is 9.35 Å². The number of aliphatic hydroxyl groups excluding tert-OH is 3. The highest BCUT2D eigenvalue weighted by Gasteiger charge is 2.33. The normalized spacial score (nSPS) is 29.5. The Balaban J connectivity index is 5.46. The molecule has 0 heterocycles. The highest BCUT2D eigenvalue weighted by atomic mass is 16.4. The Labute approximate surface area is 79.3 Å². The number of carboxylic acids is 1. The molecule has 0 aromatic carbocycles. The molecule has 0 unspecified atom stereocenters. The van der Waals surface area contributed by atoms with Crippen LogP contribution >= 0.6 is 0 Å². The van der Waals surface area contributed by atoms with Crippen molar-refractivity contribution in [1.29, 1.82) is 2.86 Å². The van der Waals surface area contributed by atoms with Crippen molar-refractivity contribution in [2.24, 2.45) is 0 Å². The zero-order valence-corrected chi connectivity index (χ0v) is 6.38. The fourth-order valence-corrected chi connectivity index (χ4v) is 0.514. The summed E-state index contributed by atoms with van der Waals surface area (Å²) in [7, 11) is 0. The van der Waals surface area contributed by atoms with Crippen LogP contribution in [0.1, 0.15) is 2.74 Å². The van der Waals surface area contributed by atoms with E-state index in [4.69, 9.17) is 20.9 Å². The van der Waals surface area contributed by atoms with Gasteiger partial charge in [-0.25, -0.2) is 4.79 Å². The summed E-state index contributed by atoms with van der Waals surface area (Å²) in [5.74, 6) is -2.18. The molecular formula is C6H12O7. The fourth-order valence-electron chi connectivity index (χ4n) is 0.514. The Hall–Kier alpha value is -0.730. The van der Waals surface area contributed by atoms with Gasteiger partial charge < -0.3 is 30.6 Å². The molecule has 0 rings (SSSR count). The van der Waals surface area contributed by atoms with Crippen LogP contribution in [0.2, 0.25) is 0 Å². The molecule has 0 bridgehead atoms. The van der Waals surface area contributed by atoms with Crippen LogP contribution in [-0.4, -0.2) is 70.5 Å². The molecule has 0 aromatic rings. The van der Waals surface area contributed by atoms with E-state index >= 15 is 0 Å². The molecule has 0 saturated carbocycles. The van der Waals surface area contributed by atoms with Crippen LogP contribution in [0, 0.1) is 0 Å². The largest absolute Gasteiger partial charge is 0.479 e. The second-order valence-corrected chi connectivity index (χ2v) is 2.19. The monoisotopic (exact) mass is 200 g/mol. The van der Waals surface area contributed by atoms with Gasteiger partial charge in [-0.05, 0) is 0 Å². The van der Waals surface area contributed by atoms with E-state index in [2.05, 4.69) is 10.2 Å². The predicted molar refractivity (Wildman–Crippen MR) is 38.7 cm³/mol. The minimum atomic E-state index is -3.48. The molecule has 7 nitrogen and oxygen atoms in total. The van der Waals surface area contributed by atoms with Crippen LogP contribution in [0.25, 0.3) is 0 Å². The Morgan fingerprint density at radius 2 is 2.08 bits per heavy atom. The van der Waals surface area contributed by atoms with Crippen molar-refractivity contribution < 1.29 is 38.2 Å². The van der Waals surface area contributed by atoms with Crippen LogP contribution in [-0.2, 0) is 4.79 Å². The SMILES string of the molecule is [2H]O[C@@]([2H])(C(=O)O)[C@@]([2H])(O[2H])[C@H](O)[C@H](O)CO. The fraction of sp³-hybridized carbons (Fsp3) is 0.833. The maximum atomic E-state index is 10.7. The quantitative estimate of drug-likeness (QED) is 0.251. The van der Waals surface area contributed by atoms with Crippen molar-refractivity contribution in [2.45, 2.75) is 24.4 Å². The van der Waals surface area contributed by atoms with Crippen LogP contribution in [0.3, 0.4) is 0 Å². The number of hydrogen-bond acceptors (Lipinski definition) is 6. The van der Waals surface area contributed by atoms with Crippen molar-refractivity contribution in [3.63, 3.8) is 0 Å². The van der Waals surface area contributed by atoms with Gasteiger partial charge in [0.2, 0.25) is 2.86 Å². The van der Waals surface area contributed by atoms with Gasteiger partial charge in [0, 0.05) is 0 Å². The molecule has 0 amide bonds. The van der Waals surface area contributed by atoms with Crippen molar-refractivity contribution >= 4 is 5.97 Å². The smallest absolute Gasteiger partial charge is 0.335 e. The van der Waals surface area contributed by atoms with Gasteiger partial charge in [-0.15, -0.1) is 0 Å². The number of aliphatic carboxylic acids is 1. The molecule has 0 aliphatic rings. The number of aliphatic hydroxyl groups is 5. The van der Waals surface area contributed by atoms with Gasteiger partial charge in [-0.3, -0.25) is 0 Å². The van der Waals surface area contributed by atoms with Gasteiger partial charge >= 0.3 is 5.97 Å². The zero-order chi connectivity index (χ0) is 13.9. The number of carboxylic acid groups (broad SMARTS) is 1. The van der Waals surface area contributed by atoms with E-state index in [1.807, 2.05) is 0 Å². The second-order valence-electron chi connectivity index (χ2n) is 2.19. The second kappa shape index (κ2) is 5.10. The summed E-state index contributed by atoms with van der Waals surface area (Å²) in [5, 5.41) is 42.7. The van der Waals surface area contributed by atoms with E-state index in [9.17, 15) is 9.90 Å². The molecule has 0 fully saturated rings. The zero-order valence-electron chi connectivity index (χ0n) is 10.4. The Kier molecular flexibility index (Phi) is 2.62. The Bertz CT molecular complexity index is 279. The van der Waals surface area contributed by atoms with Gasteiger partial charge in [-0.2, -0.15) is 0 Å². The van der Waals surface area contributed by atoms with E-state index in [1.54, 1.807) is 0 Å². The molecule has 4 atom stereocenters. The Morgan fingerprint density at radius 1 is 1.46 bits per heavy atom. The van der Waals surface area contributed by atoms with E-state index in [1.165, 1.54) is 0 Å². The highest BCUT2D eigenvalue weighted by molar-refractivity contribution is 5.72. The van der Waals surface area contributed by atoms with Gasteiger partial charge in [0.25, 0.3) is 0 Å². The van der Waals surface area contributed by atoms with E-state index in [0.717, 1.165) is 0 Å². The summed E-state index contributed by atoms with van der Waals surface area (Å²) in [6.07, 6.45) is -11.3. The van der Waals surface area contributed by atoms with Crippen LogP contribution in [0.15, 0.2) is 0 Å². The number of rotatable bonds is 7. The summed E-state index contributed by atoms with van der Waals surface area (Å²) in [6.45, 7) is -1.07. The Morgan fingerprint density at radius 3 is 2.38 bits per heavy atom. The number of carbonyl (C=O) groups is 1. The van der Waals surface area contributed by atoms with Gasteiger partial charge in [-0.1, -0.05) is 0 Å². The first-order valence-electron chi connectivity index (χ1n) is 5.02. The van der Waals surface area contributed by atoms with Crippen LogP contribution in [0.5, 0.6) is 0 Å². The van der Waals surface area contributed by atoms with E-state index in [0.29, 0.717) is 0 Å². The minimum absolute atomic E-state index is 1.07. The first kappa shape index (κ1) is 6.68. The molecule has 0 saturated heterocycles. The first-order valence-corrected chi connectivity index (χ1v) is 3.20. The lowest BCUT2D eigenvalue weighted by atomic mass is 10.0. The summed E-state index contributed by atoms with van der Waals surface area (Å²) in [5.41, 5.74) is 0. The third kappa shape index (κ3) is 3.25. The van der Waals surface area contributed by atoms with Crippen molar-refractivity contribution in [1.82, 2.24) is 0 Å². The molecule has 78 valence electrons. The van der Waals surface area contributed by atoms with Crippen molar-refractivity contribution in [2.75, 3.05) is 6.61 Å². The average Bonchev–Trinajstić information content (AvgIpc) is 2.34.